The number of halogens is 1. The van der Waals surface area contributed by atoms with E-state index in [1.165, 1.54) is 0 Å². The molecule has 0 saturated heterocycles. The van der Waals surface area contributed by atoms with Gasteiger partial charge >= 0.3 is 0 Å². The van der Waals surface area contributed by atoms with Gasteiger partial charge in [-0.2, -0.15) is 0 Å². The Morgan fingerprint density at radius 2 is 2.06 bits per heavy atom. The zero-order valence-electron chi connectivity index (χ0n) is 11.5. The molecule has 0 unspecified atom stereocenters. The molecule has 2 N–H and O–H groups in total. The second-order valence-electron chi connectivity index (χ2n) is 5.47. The van der Waals surface area contributed by atoms with E-state index >= 15 is 0 Å². The number of nitrogens with zero attached hydrogens (tertiary/aromatic N) is 1. The zero-order chi connectivity index (χ0) is 13.9. The van der Waals surface area contributed by atoms with Gasteiger partial charge in [0.25, 0.3) is 5.91 Å². The highest BCUT2D eigenvalue weighted by Crippen LogP contribution is 2.23. The standard InChI is InChI=1S/C14H21BrN2O/c1-10-6-5-7-11(12(10)15)13(18)17(4)9-14(2,3)8-16/h5-7H,8-9,16H2,1-4H3. The molecule has 1 aromatic carbocycles. The zero-order valence-corrected chi connectivity index (χ0v) is 13.0. The Morgan fingerprint density at radius 3 is 2.61 bits per heavy atom. The summed E-state index contributed by atoms with van der Waals surface area (Å²) in [6, 6.07) is 5.71. The van der Waals surface area contributed by atoms with Crippen LogP contribution >= 0.6 is 15.9 Å². The van der Waals surface area contributed by atoms with Gasteiger partial charge in [-0.3, -0.25) is 4.79 Å². The van der Waals surface area contributed by atoms with Gasteiger partial charge in [-0.05, 0) is 46.4 Å². The molecular formula is C14H21BrN2O. The van der Waals surface area contributed by atoms with E-state index in [2.05, 4.69) is 29.8 Å². The molecule has 1 amide bonds. The molecule has 0 fully saturated rings. The maximum atomic E-state index is 12.4. The minimum Gasteiger partial charge on any atom is -0.341 e. The van der Waals surface area contributed by atoms with Crippen molar-refractivity contribution in [1.82, 2.24) is 4.90 Å². The van der Waals surface area contributed by atoms with Crippen LogP contribution < -0.4 is 5.73 Å². The minimum atomic E-state index is -0.0687. The molecule has 0 aliphatic carbocycles. The van der Waals surface area contributed by atoms with Crippen molar-refractivity contribution in [2.24, 2.45) is 11.1 Å². The molecule has 0 saturated carbocycles. The molecule has 18 heavy (non-hydrogen) atoms. The monoisotopic (exact) mass is 312 g/mol. The maximum absolute atomic E-state index is 12.4. The van der Waals surface area contributed by atoms with Crippen molar-refractivity contribution in [3.05, 3.63) is 33.8 Å². The lowest BCUT2D eigenvalue weighted by molar-refractivity contribution is 0.0739. The summed E-state index contributed by atoms with van der Waals surface area (Å²) in [5.74, 6) is 0.0205. The van der Waals surface area contributed by atoms with E-state index in [0.29, 0.717) is 18.7 Å². The summed E-state index contributed by atoms with van der Waals surface area (Å²) in [7, 11) is 1.81. The van der Waals surface area contributed by atoms with Gasteiger partial charge in [-0.1, -0.05) is 26.0 Å². The predicted molar refractivity (Wildman–Crippen MR) is 78.7 cm³/mol. The van der Waals surface area contributed by atoms with Crippen molar-refractivity contribution >= 4 is 21.8 Å². The van der Waals surface area contributed by atoms with Gasteiger partial charge in [0.15, 0.2) is 0 Å². The summed E-state index contributed by atoms with van der Waals surface area (Å²) in [4.78, 5) is 14.1. The highest BCUT2D eigenvalue weighted by molar-refractivity contribution is 9.10. The third kappa shape index (κ3) is 3.56. The third-order valence-electron chi connectivity index (χ3n) is 2.99. The number of rotatable bonds is 4. The first-order valence-electron chi connectivity index (χ1n) is 5.99. The third-order valence-corrected chi connectivity index (χ3v) is 4.04. The largest absolute Gasteiger partial charge is 0.341 e. The van der Waals surface area contributed by atoms with E-state index < -0.39 is 0 Å². The number of carbonyl (C=O) groups excluding carboxylic acids is 1. The summed E-state index contributed by atoms with van der Waals surface area (Å²) in [5, 5.41) is 0. The number of hydrogen-bond donors (Lipinski definition) is 1. The molecular weight excluding hydrogens is 292 g/mol. The second-order valence-corrected chi connectivity index (χ2v) is 6.26. The average Bonchev–Trinajstić information content (AvgIpc) is 2.31. The normalized spacial score (nSPS) is 11.4. The van der Waals surface area contributed by atoms with Crippen LogP contribution in [-0.4, -0.2) is 30.9 Å². The molecule has 0 aromatic heterocycles. The Labute approximate surface area is 117 Å². The highest BCUT2D eigenvalue weighted by Gasteiger charge is 2.23. The van der Waals surface area contributed by atoms with Crippen LogP contribution in [0.3, 0.4) is 0 Å². The van der Waals surface area contributed by atoms with Crippen LogP contribution in [0.15, 0.2) is 22.7 Å². The molecule has 1 aromatic rings. The maximum Gasteiger partial charge on any atom is 0.254 e. The number of benzene rings is 1. The first-order valence-corrected chi connectivity index (χ1v) is 6.78. The lowest BCUT2D eigenvalue weighted by Gasteiger charge is -2.29. The molecule has 0 aliphatic heterocycles. The van der Waals surface area contributed by atoms with E-state index in [1.807, 2.05) is 32.2 Å². The SMILES string of the molecule is Cc1cccc(C(=O)N(C)CC(C)(C)CN)c1Br. The molecule has 0 heterocycles. The lowest BCUT2D eigenvalue weighted by Crippen LogP contribution is -2.39. The van der Waals surface area contributed by atoms with Gasteiger partial charge in [0.1, 0.15) is 0 Å². The van der Waals surface area contributed by atoms with Gasteiger partial charge < -0.3 is 10.6 Å². The van der Waals surface area contributed by atoms with E-state index in [1.54, 1.807) is 4.90 Å². The number of aryl methyl sites for hydroxylation is 1. The number of amides is 1. The molecule has 3 nitrogen and oxygen atoms in total. The Bertz CT molecular complexity index is 443. The average molecular weight is 313 g/mol. The molecule has 0 atom stereocenters. The summed E-state index contributed by atoms with van der Waals surface area (Å²) >= 11 is 3.47. The molecule has 0 spiro atoms. The van der Waals surface area contributed by atoms with Crippen LogP contribution in [0.25, 0.3) is 0 Å². The summed E-state index contributed by atoms with van der Waals surface area (Å²) in [6.07, 6.45) is 0. The van der Waals surface area contributed by atoms with Crippen LogP contribution in [0, 0.1) is 12.3 Å². The Morgan fingerprint density at radius 1 is 1.44 bits per heavy atom. The van der Waals surface area contributed by atoms with Crippen LogP contribution in [-0.2, 0) is 0 Å². The second kappa shape index (κ2) is 5.85. The fourth-order valence-corrected chi connectivity index (χ4v) is 2.23. The van der Waals surface area contributed by atoms with E-state index in [0.717, 1.165) is 10.0 Å². The first kappa shape index (κ1) is 15.2. The Kier molecular flexibility index (Phi) is 4.93. The lowest BCUT2D eigenvalue weighted by atomic mass is 9.93. The van der Waals surface area contributed by atoms with Crippen molar-refractivity contribution in [2.45, 2.75) is 20.8 Å². The topological polar surface area (TPSA) is 46.3 Å². The Balaban J connectivity index is 2.91. The number of carbonyl (C=O) groups is 1. The Hall–Kier alpha value is -0.870. The molecule has 4 heteroatoms. The van der Waals surface area contributed by atoms with Gasteiger partial charge in [0.05, 0.1) is 5.56 Å². The van der Waals surface area contributed by atoms with Crippen molar-refractivity contribution in [3.63, 3.8) is 0 Å². The van der Waals surface area contributed by atoms with Crippen molar-refractivity contribution < 1.29 is 4.79 Å². The fraction of sp³-hybridized carbons (Fsp3) is 0.500. The van der Waals surface area contributed by atoms with Crippen molar-refractivity contribution in [2.75, 3.05) is 20.1 Å². The minimum absolute atomic E-state index is 0.0205. The highest BCUT2D eigenvalue weighted by atomic mass is 79.9. The molecule has 0 aliphatic rings. The summed E-state index contributed by atoms with van der Waals surface area (Å²) in [6.45, 7) is 7.29. The molecule has 0 radical (unpaired) electrons. The van der Waals surface area contributed by atoms with Crippen LogP contribution in [0.5, 0.6) is 0 Å². The van der Waals surface area contributed by atoms with Gasteiger partial charge in [-0.25, -0.2) is 0 Å². The van der Waals surface area contributed by atoms with E-state index in [4.69, 9.17) is 5.73 Å². The van der Waals surface area contributed by atoms with Crippen molar-refractivity contribution in [3.8, 4) is 0 Å². The fourth-order valence-electron chi connectivity index (χ4n) is 1.80. The summed E-state index contributed by atoms with van der Waals surface area (Å²) < 4.78 is 0.868. The van der Waals surface area contributed by atoms with Crippen LogP contribution in [0.2, 0.25) is 0 Å². The summed E-state index contributed by atoms with van der Waals surface area (Å²) in [5.41, 5.74) is 7.39. The van der Waals surface area contributed by atoms with Crippen LogP contribution in [0.4, 0.5) is 0 Å². The quantitative estimate of drug-likeness (QED) is 0.929. The van der Waals surface area contributed by atoms with E-state index in [-0.39, 0.29) is 11.3 Å². The molecule has 1 rings (SSSR count). The predicted octanol–water partition coefficient (Wildman–Crippen LogP) is 2.81. The van der Waals surface area contributed by atoms with Gasteiger partial charge in [-0.15, -0.1) is 0 Å². The van der Waals surface area contributed by atoms with Crippen LogP contribution in [0.1, 0.15) is 29.8 Å². The molecule has 0 bridgehead atoms. The smallest absolute Gasteiger partial charge is 0.254 e. The number of nitrogens with two attached hydrogens (primary N) is 1. The van der Waals surface area contributed by atoms with E-state index in [9.17, 15) is 4.79 Å². The van der Waals surface area contributed by atoms with Gasteiger partial charge in [0, 0.05) is 18.1 Å². The first-order chi connectivity index (χ1) is 8.28. The van der Waals surface area contributed by atoms with Gasteiger partial charge in [0.2, 0.25) is 0 Å². The molecule has 100 valence electrons. The van der Waals surface area contributed by atoms with Crippen molar-refractivity contribution in [1.29, 1.82) is 0 Å². The number of hydrogen-bond acceptors (Lipinski definition) is 2.